The predicted molar refractivity (Wildman–Crippen MR) is 64.3 cm³/mol. The number of rotatable bonds is 3. The SMILES string of the molecule is CO[C@@H]1CC[C@H]1NC(=O)c1cnn2cccnc12. The zero-order valence-electron chi connectivity index (χ0n) is 10.0. The van der Waals surface area contributed by atoms with E-state index in [9.17, 15) is 4.79 Å². The highest BCUT2D eigenvalue weighted by atomic mass is 16.5. The minimum atomic E-state index is -0.143. The quantitative estimate of drug-likeness (QED) is 0.862. The molecule has 2 heterocycles. The van der Waals surface area contributed by atoms with Crippen LogP contribution in [0.1, 0.15) is 23.2 Å². The van der Waals surface area contributed by atoms with Gasteiger partial charge in [-0.2, -0.15) is 5.10 Å². The third-order valence-electron chi connectivity index (χ3n) is 3.35. The van der Waals surface area contributed by atoms with Crippen molar-refractivity contribution in [1.82, 2.24) is 19.9 Å². The van der Waals surface area contributed by atoms with Gasteiger partial charge in [-0.15, -0.1) is 0 Å². The summed E-state index contributed by atoms with van der Waals surface area (Å²) >= 11 is 0. The van der Waals surface area contributed by atoms with Crippen LogP contribution in [-0.4, -0.2) is 39.8 Å². The Morgan fingerprint density at radius 1 is 1.56 bits per heavy atom. The van der Waals surface area contributed by atoms with Crippen molar-refractivity contribution in [2.24, 2.45) is 0 Å². The molecular weight excluding hydrogens is 232 g/mol. The highest BCUT2D eigenvalue weighted by Crippen LogP contribution is 2.23. The molecule has 1 saturated carbocycles. The highest BCUT2D eigenvalue weighted by Gasteiger charge is 2.32. The summed E-state index contributed by atoms with van der Waals surface area (Å²) in [4.78, 5) is 16.3. The number of carbonyl (C=O) groups excluding carboxylic acids is 1. The third kappa shape index (κ3) is 1.74. The summed E-state index contributed by atoms with van der Waals surface area (Å²) in [6.07, 6.45) is 7.03. The first kappa shape index (κ1) is 11.2. The van der Waals surface area contributed by atoms with Gasteiger partial charge in [-0.3, -0.25) is 4.79 Å². The van der Waals surface area contributed by atoms with Crippen LogP contribution in [0.4, 0.5) is 0 Å². The van der Waals surface area contributed by atoms with Crippen molar-refractivity contribution >= 4 is 11.6 Å². The predicted octanol–water partition coefficient (Wildman–Crippen LogP) is 0.636. The molecule has 2 atom stereocenters. The molecule has 2 aromatic heterocycles. The Bertz CT molecular complexity index is 578. The molecule has 0 aromatic carbocycles. The fourth-order valence-electron chi connectivity index (χ4n) is 2.15. The van der Waals surface area contributed by atoms with Crippen molar-refractivity contribution in [3.8, 4) is 0 Å². The molecule has 1 aliphatic rings. The van der Waals surface area contributed by atoms with Crippen molar-refractivity contribution < 1.29 is 9.53 Å². The van der Waals surface area contributed by atoms with E-state index in [0.29, 0.717) is 11.2 Å². The lowest BCUT2D eigenvalue weighted by Gasteiger charge is -2.35. The highest BCUT2D eigenvalue weighted by molar-refractivity contribution is 5.99. The van der Waals surface area contributed by atoms with Gasteiger partial charge in [0.05, 0.1) is 18.3 Å². The first-order chi connectivity index (χ1) is 8.79. The van der Waals surface area contributed by atoms with E-state index in [1.54, 1.807) is 30.1 Å². The molecule has 3 rings (SSSR count). The Kier molecular flexibility index (Phi) is 2.71. The molecule has 0 radical (unpaired) electrons. The molecule has 1 amide bonds. The number of carbonyl (C=O) groups is 1. The lowest BCUT2D eigenvalue weighted by molar-refractivity contribution is 0.00732. The standard InChI is InChI=1S/C12H14N4O2/c1-18-10-4-3-9(10)15-12(17)8-7-14-16-6-2-5-13-11(8)16/h2,5-7,9-10H,3-4H2,1H3,(H,15,17)/t9-,10-/m1/s1. The van der Waals surface area contributed by atoms with Gasteiger partial charge in [0.25, 0.3) is 5.91 Å². The zero-order valence-corrected chi connectivity index (χ0v) is 10.0. The number of nitrogens with zero attached hydrogens (tertiary/aromatic N) is 3. The van der Waals surface area contributed by atoms with E-state index in [1.807, 2.05) is 0 Å². The molecule has 0 spiro atoms. The van der Waals surface area contributed by atoms with Gasteiger partial charge < -0.3 is 10.1 Å². The van der Waals surface area contributed by atoms with E-state index in [0.717, 1.165) is 12.8 Å². The lowest BCUT2D eigenvalue weighted by Crippen LogP contribution is -2.51. The fourth-order valence-corrected chi connectivity index (χ4v) is 2.15. The Labute approximate surface area is 104 Å². The molecule has 1 N–H and O–H groups in total. The molecule has 0 bridgehead atoms. The van der Waals surface area contributed by atoms with Gasteiger partial charge in [0.2, 0.25) is 0 Å². The number of methoxy groups -OCH3 is 1. The van der Waals surface area contributed by atoms with Crippen LogP contribution in [0.5, 0.6) is 0 Å². The largest absolute Gasteiger partial charge is 0.379 e. The summed E-state index contributed by atoms with van der Waals surface area (Å²) in [6.45, 7) is 0. The smallest absolute Gasteiger partial charge is 0.257 e. The number of aromatic nitrogens is 3. The van der Waals surface area contributed by atoms with E-state index < -0.39 is 0 Å². The normalized spacial score (nSPS) is 22.7. The van der Waals surface area contributed by atoms with Crippen molar-refractivity contribution in [1.29, 1.82) is 0 Å². The first-order valence-corrected chi connectivity index (χ1v) is 5.91. The number of nitrogens with one attached hydrogen (secondary N) is 1. The average Bonchev–Trinajstić information content (AvgIpc) is 2.79. The van der Waals surface area contributed by atoms with Gasteiger partial charge in [0.15, 0.2) is 5.65 Å². The van der Waals surface area contributed by atoms with Crippen LogP contribution >= 0.6 is 0 Å². The second-order valence-electron chi connectivity index (χ2n) is 4.38. The second-order valence-corrected chi connectivity index (χ2v) is 4.38. The number of ether oxygens (including phenoxy) is 1. The monoisotopic (exact) mass is 246 g/mol. The van der Waals surface area contributed by atoms with E-state index in [-0.39, 0.29) is 18.1 Å². The molecule has 6 heteroatoms. The molecule has 1 fully saturated rings. The zero-order chi connectivity index (χ0) is 12.5. The topological polar surface area (TPSA) is 68.5 Å². The van der Waals surface area contributed by atoms with E-state index in [1.165, 1.54) is 6.20 Å². The van der Waals surface area contributed by atoms with Crippen LogP contribution in [0, 0.1) is 0 Å². The second kappa shape index (κ2) is 4.38. The van der Waals surface area contributed by atoms with Crippen LogP contribution < -0.4 is 5.32 Å². The molecular formula is C12H14N4O2. The molecule has 0 aliphatic heterocycles. The van der Waals surface area contributed by atoms with Crippen molar-refractivity contribution in [2.45, 2.75) is 25.0 Å². The van der Waals surface area contributed by atoms with Crippen molar-refractivity contribution in [3.05, 3.63) is 30.2 Å². The average molecular weight is 246 g/mol. The first-order valence-electron chi connectivity index (χ1n) is 5.91. The summed E-state index contributed by atoms with van der Waals surface area (Å²) in [5, 5.41) is 7.05. The van der Waals surface area contributed by atoms with Gasteiger partial charge in [0.1, 0.15) is 5.56 Å². The van der Waals surface area contributed by atoms with Gasteiger partial charge in [-0.1, -0.05) is 0 Å². The van der Waals surface area contributed by atoms with Crippen molar-refractivity contribution in [2.75, 3.05) is 7.11 Å². The molecule has 0 saturated heterocycles. The van der Waals surface area contributed by atoms with Crippen LogP contribution in [0.25, 0.3) is 5.65 Å². The van der Waals surface area contributed by atoms with Gasteiger partial charge in [0, 0.05) is 19.5 Å². The maximum absolute atomic E-state index is 12.1. The lowest BCUT2D eigenvalue weighted by atomic mass is 9.89. The van der Waals surface area contributed by atoms with Gasteiger partial charge in [-0.25, -0.2) is 9.50 Å². The molecule has 6 nitrogen and oxygen atoms in total. The van der Waals surface area contributed by atoms with Crippen LogP contribution in [0.2, 0.25) is 0 Å². The Morgan fingerprint density at radius 2 is 2.44 bits per heavy atom. The summed E-state index contributed by atoms with van der Waals surface area (Å²) in [5.74, 6) is -0.143. The Hall–Kier alpha value is -1.95. The van der Waals surface area contributed by atoms with Crippen molar-refractivity contribution in [3.63, 3.8) is 0 Å². The number of hydrogen-bond acceptors (Lipinski definition) is 4. The summed E-state index contributed by atoms with van der Waals surface area (Å²) in [5.41, 5.74) is 1.07. The summed E-state index contributed by atoms with van der Waals surface area (Å²) in [7, 11) is 1.67. The molecule has 0 unspecified atom stereocenters. The van der Waals surface area contributed by atoms with E-state index in [4.69, 9.17) is 4.74 Å². The molecule has 18 heavy (non-hydrogen) atoms. The minimum absolute atomic E-state index is 0.0983. The molecule has 1 aliphatic carbocycles. The summed E-state index contributed by atoms with van der Waals surface area (Å²) < 4.78 is 6.84. The maximum atomic E-state index is 12.1. The van der Waals surface area contributed by atoms with Gasteiger partial charge in [-0.05, 0) is 18.9 Å². The van der Waals surface area contributed by atoms with E-state index >= 15 is 0 Å². The van der Waals surface area contributed by atoms with Crippen LogP contribution in [0.15, 0.2) is 24.7 Å². The molecule has 94 valence electrons. The third-order valence-corrected chi connectivity index (χ3v) is 3.35. The Morgan fingerprint density at radius 3 is 3.17 bits per heavy atom. The number of amides is 1. The van der Waals surface area contributed by atoms with E-state index in [2.05, 4.69) is 15.4 Å². The minimum Gasteiger partial charge on any atom is -0.379 e. The molecule has 2 aromatic rings. The van der Waals surface area contributed by atoms with Gasteiger partial charge >= 0.3 is 0 Å². The number of hydrogen-bond donors (Lipinski definition) is 1. The van der Waals surface area contributed by atoms with Crippen LogP contribution in [-0.2, 0) is 4.74 Å². The Balaban J connectivity index is 1.80. The fraction of sp³-hybridized carbons (Fsp3) is 0.417. The maximum Gasteiger partial charge on any atom is 0.257 e. The number of fused-ring (bicyclic) bond motifs is 1. The summed E-state index contributed by atoms with van der Waals surface area (Å²) in [6, 6.07) is 1.87. The van der Waals surface area contributed by atoms with Crippen LogP contribution in [0.3, 0.4) is 0 Å².